The van der Waals surface area contributed by atoms with Crippen LogP contribution in [0, 0.1) is 11.8 Å². The van der Waals surface area contributed by atoms with Crippen molar-refractivity contribution in [2.75, 3.05) is 6.54 Å². The molecule has 0 aromatic carbocycles. The molecule has 3 unspecified atom stereocenters. The van der Waals surface area contributed by atoms with Crippen molar-refractivity contribution in [1.82, 2.24) is 15.1 Å². The minimum Gasteiger partial charge on any atom is -0.314 e. The fourth-order valence-electron chi connectivity index (χ4n) is 2.49. The Kier molecular flexibility index (Phi) is 3.64. The molecule has 1 aliphatic rings. The smallest absolute Gasteiger partial charge is 0.0522 e. The summed E-state index contributed by atoms with van der Waals surface area (Å²) in [6.07, 6.45) is 6.71. The molecule has 0 radical (unpaired) electrons. The first kappa shape index (κ1) is 11.6. The summed E-state index contributed by atoms with van der Waals surface area (Å²) in [5.74, 6) is 1.79. The van der Waals surface area contributed by atoms with Crippen LogP contribution in [0.1, 0.15) is 32.8 Å². The average Bonchev–Trinajstić information content (AvgIpc) is 2.83. The zero-order valence-corrected chi connectivity index (χ0v) is 10.6. The molecular weight excluding hydrogens is 198 g/mol. The molecular formula is C13H23N3. The molecule has 2 rings (SSSR count). The predicted molar refractivity (Wildman–Crippen MR) is 66.3 cm³/mol. The van der Waals surface area contributed by atoms with Gasteiger partial charge >= 0.3 is 0 Å². The van der Waals surface area contributed by atoms with E-state index in [0.29, 0.717) is 6.04 Å². The third-order valence-corrected chi connectivity index (χ3v) is 3.62. The Morgan fingerprint density at radius 2 is 2.31 bits per heavy atom. The summed E-state index contributed by atoms with van der Waals surface area (Å²) in [5.41, 5.74) is 1.37. The van der Waals surface area contributed by atoms with E-state index in [1.54, 1.807) is 0 Å². The first-order chi connectivity index (χ1) is 7.74. The maximum absolute atomic E-state index is 4.34. The average molecular weight is 221 g/mol. The minimum atomic E-state index is 0.648. The molecule has 3 heteroatoms. The first-order valence-electron chi connectivity index (χ1n) is 6.49. The highest BCUT2D eigenvalue weighted by atomic mass is 15.3. The lowest BCUT2D eigenvalue weighted by atomic mass is 10.0. The molecule has 3 atom stereocenters. The summed E-state index contributed by atoms with van der Waals surface area (Å²) in [6, 6.07) is 0.648. The number of rotatable bonds is 6. The molecule has 90 valence electrons. The summed E-state index contributed by atoms with van der Waals surface area (Å²) in [7, 11) is 0. The zero-order chi connectivity index (χ0) is 11.5. The Morgan fingerprint density at radius 3 is 2.81 bits per heavy atom. The van der Waals surface area contributed by atoms with Gasteiger partial charge in [-0.15, -0.1) is 0 Å². The number of nitrogens with zero attached hydrogens (tertiary/aromatic N) is 2. The van der Waals surface area contributed by atoms with Crippen LogP contribution in [0.3, 0.4) is 0 Å². The summed E-state index contributed by atoms with van der Waals surface area (Å²) in [6.45, 7) is 8.70. The molecule has 1 aromatic heterocycles. The molecule has 0 aliphatic heterocycles. The standard InChI is InChI=1S/C13H23N3/c1-4-14-13(12-6-10(12)3)7-11-8-15-16(5-2)9-11/h8-10,12-14H,4-7H2,1-3H3. The van der Waals surface area contributed by atoms with Crippen molar-refractivity contribution in [2.24, 2.45) is 11.8 Å². The number of likely N-dealkylation sites (N-methyl/N-ethyl adjacent to an activating group) is 1. The van der Waals surface area contributed by atoms with E-state index >= 15 is 0 Å². The molecule has 1 heterocycles. The van der Waals surface area contributed by atoms with Gasteiger partial charge in [0.25, 0.3) is 0 Å². The van der Waals surface area contributed by atoms with Crippen LogP contribution in [0.2, 0.25) is 0 Å². The van der Waals surface area contributed by atoms with Gasteiger partial charge in [-0.05, 0) is 43.7 Å². The molecule has 3 nitrogen and oxygen atoms in total. The van der Waals surface area contributed by atoms with Gasteiger partial charge in [0.2, 0.25) is 0 Å². The van der Waals surface area contributed by atoms with E-state index in [-0.39, 0.29) is 0 Å². The molecule has 0 saturated heterocycles. The van der Waals surface area contributed by atoms with Crippen LogP contribution < -0.4 is 5.32 Å². The normalized spacial score (nSPS) is 25.7. The van der Waals surface area contributed by atoms with Crippen LogP contribution in [0.5, 0.6) is 0 Å². The van der Waals surface area contributed by atoms with Crippen molar-refractivity contribution in [1.29, 1.82) is 0 Å². The molecule has 1 aliphatic carbocycles. The summed E-state index contributed by atoms with van der Waals surface area (Å²) in [4.78, 5) is 0. The molecule has 1 N–H and O–H groups in total. The van der Waals surface area contributed by atoms with E-state index in [1.165, 1.54) is 12.0 Å². The molecule has 0 bridgehead atoms. The predicted octanol–water partition coefficient (Wildman–Crippen LogP) is 2.08. The molecule has 1 fully saturated rings. The van der Waals surface area contributed by atoms with Gasteiger partial charge < -0.3 is 5.32 Å². The van der Waals surface area contributed by atoms with Crippen LogP contribution in [-0.4, -0.2) is 22.4 Å². The summed E-state index contributed by atoms with van der Waals surface area (Å²) < 4.78 is 2.01. The van der Waals surface area contributed by atoms with Crippen molar-refractivity contribution < 1.29 is 0 Å². The van der Waals surface area contributed by atoms with Crippen LogP contribution in [0.15, 0.2) is 12.4 Å². The van der Waals surface area contributed by atoms with Crippen LogP contribution >= 0.6 is 0 Å². The van der Waals surface area contributed by atoms with Gasteiger partial charge in [0.15, 0.2) is 0 Å². The largest absolute Gasteiger partial charge is 0.314 e. The lowest BCUT2D eigenvalue weighted by Gasteiger charge is -2.16. The summed E-state index contributed by atoms with van der Waals surface area (Å²) >= 11 is 0. The second-order valence-electron chi connectivity index (χ2n) is 4.95. The Hall–Kier alpha value is -0.830. The fourth-order valence-corrected chi connectivity index (χ4v) is 2.49. The van der Waals surface area contributed by atoms with E-state index in [0.717, 1.165) is 31.3 Å². The van der Waals surface area contributed by atoms with Crippen molar-refractivity contribution in [2.45, 2.75) is 46.2 Å². The second kappa shape index (κ2) is 5.00. The Morgan fingerprint density at radius 1 is 1.56 bits per heavy atom. The van der Waals surface area contributed by atoms with E-state index in [2.05, 4.69) is 37.4 Å². The minimum absolute atomic E-state index is 0.648. The Bertz CT molecular complexity index is 332. The SMILES string of the molecule is CCNC(Cc1cnn(CC)c1)C1CC1C. The first-order valence-corrected chi connectivity index (χ1v) is 6.49. The van der Waals surface area contributed by atoms with E-state index < -0.39 is 0 Å². The second-order valence-corrected chi connectivity index (χ2v) is 4.95. The van der Waals surface area contributed by atoms with Gasteiger partial charge in [-0.1, -0.05) is 13.8 Å². The molecule has 0 amide bonds. The lowest BCUT2D eigenvalue weighted by Crippen LogP contribution is -2.33. The van der Waals surface area contributed by atoms with Gasteiger partial charge in [-0.25, -0.2) is 0 Å². The van der Waals surface area contributed by atoms with Crippen molar-refractivity contribution in [3.05, 3.63) is 18.0 Å². The quantitative estimate of drug-likeness (QED) is 0.797. The fraction of sp³-hybridized carbons (Fsp3) is 0.769. The molecule has 0 spiro atoms. The third kappa shape index (κ3) is 2.64. The topological polar surface area (TPSA) is 29.9 Å². The van der Waals surface area contributed by atoms with Crippen LogP contribution in [-0.2, 0) is 13.0 Å². The maximum atomic E-state index is 4.34. The van der Waals surface area contributed by atoms with E-state index in [1.807, 2.05) is 10.9 Å². The van der Waals surface area contributed by atoms with Gasteiger partial charge in [0.05, 0.1) is 6.20 Å². The maximum Gasteiger partial charge on any atom is 0.0522 e. The number of hydrogen-bond donors (Lipinski definition) is 1. The van der Waals surface area contributed by atoms with E-state index in [9.17, 15) is 0 Å². The van der Waals surface area contributed by atoms with Crippen LogP contribution in [0.4, 0.5) is 0 Å². The van der Waals surface area contributed by atoms with Gasteiger partial charge in [-0.2, -0.15) is 5.10 Å². The number of nitrogens with one attached hydrogen (secondary N) is 1. The Labute approximate surface area is 98.2 Å². The van der Waals surface area contributed by atoms with Gasteiger partial charge in [0, 0.05) is 18.8 Å². The van der Waals surface area contributed by atoms with Gasteiger partial charge in [-0.3, -0.25) is 4.68 Å². The molecule has 1 aromatic rings. The lowest BCUT2D eigenvalue weighted by molar-refractivity contribution is 0.454. The van der Waals surface area contributed by atoms with Crippen molar-refractivity contribution in [3.8, 4) is 0 Å². The highest BCUT2D eigenvalue weighted by molar-refractivity contribution is 5.09. The van der Waals surface area contributed by atoms with E-state index in [4.69, 9.17) is 0 Å². The number of aromatic nitrogens is 2. The van der Waals surface area contributed by atoms with Crippen molar-refractivity contribution >= 4 is 0 Å². The van der Waals surface area contributed by atoms with Crippen LogP contribution in [0.25, 0.3) is 0 Å². The monoisotopic (exact) mass is 221 g/mol. The van der Waals surface area contributed by atoms with Crippen molar-refractivity contribution in [3.63, 3.8) is 0 Å². The zero-order valence-electron chi connectivity index (χ0n) is 10.6. The highest BCUT2D eigenvalue weighted by Crippen LogP contribution is 2.41. The summed E-state index contributed by atoms with van der Waals surface area (Å²) in [5, 5.41) is 7.95. The molecule has 16 heavy (non-hydrogen) atoms. The van der Waals surface area contributed by atoms with Gasteiger partial charge in [0.1, 0.15) is 0 Å². The number of aryl methyl sites for hydroxylation is 1. The number of hydrogen-bond acceptors (Lipinski definition) is 2. The molecule has 1 saturated carbocycles. The highest BCUT2D eigenvalue weighted by Gasteiger charge is 2.38. The Balaban J connectivity index is 1.94. The third-order valence-electron chi connectivity index (χ3n) is 3.62.